The highest BCUT2D eigenvalue weighted by atomic mass is 32.2. The molecule has 1 aromatic heterocycles. The van der Waals surface area contributed by atoms with Crippen LogP contribution in [0.3, 0.4) is 0 Å². The maximum atomic E-state index is 15.4. The van der Waals surface area contributed by atoms with Crippen molar-refractivity contribution in [2.75, 3.05) is 72.2 Å². The number of nitrogens with zero attached hydrogens (tertiary/aromatic N) is 5. The fourth-order valence-corrected chi connectivity index (χ4v) is 16.5. The Morgan fingerprint density at radius 2 is 1.17 bits per heavy atom. The summed E-state index contributed by atoms with van der Waals surface area (Å²) in [6.07, 6.45) is -2.86. The van der Waals surface area contributed by atoms with E-state index in [0.29, 0.717) is 64.6 Å². The number of carboxylic acid groups (broad SMARTS) is 2. The number of aldehydes is 1. The highest BCUT2D eigenvalue weighted by Crippen LogP contribution is 2.28. The molecule has 0 aliphatic carbocycles. The van der Waals surface area contributed by atoms with Gasteiger partial charge in [-0.15, -0.1) is 11.8 Å². The van der Waals surface area contributed by atoms with Crippen LogP contribution in [-0.2, 0) is 114 Å². The van der Waals surface area contributed by atoms with Crippen molar-refractivity contribution in [3.05, 3.63) is 173 Å². The van der Waals surface area contributed by atoms with Crippen LogP contribution in [0.25, 0.3) is 10.9 Å². The van der Waals surface area contributed by atoms with Gasteiger partial charge in [-0.05, 0) is 89.8 Å². The van der Waals surface area contributed by atoms with Gasteiger partial charge in [-0.2, -0.15) is 0 Å². The maximum absolute atomic E-state index is 15.4. The Bertz CT molecular complexity index is 5040. The van der Waals surface area contributed by atoms with Crippen molar-refractivity contribution in [2.24, 2.45) is 17.4 Å². The third-order valence-corrected chi connectivity index (χ3v) is 24.0. The second-order valence-electron chi connectivity index (χ2n) is 33.2. The number of amides is 13. The van der Waals surface area contributed by atoms with Crippen molar-refractivity contribution >= 4 is 118 Å². The van der Waals surface area contributed by atoms with Crippen LogP contribution in [0.2, 0.25) is 0 Å². The van der Waals surface area contributed by atoms with Gasteiger partial charge in [-0.3, -0.25) is 77.2 Å². The van der Waals surface area contributed by atoms with E-state index >= 15 is 32.8 Å². The number of carboxylic acids is 2. The summed E-state index contributed by atoms with van der Waals surface area (Å²) in [4.78, 5) is 233. The number of likely N-dealkylation sites (tertiary alicyclic amines) is 2. The van der Waals surface area contributed by atoms with E-state index in [-0.39, 0.29) is 81.2 Å². The third kappa shape index (κ3) is 30.8. The molecular weight excluding hydrogens is 1760 g/mol. The molecule has 2 aliphatic rings. The number of aromatic amines is 1. The van der Waals surface area contributed by atoms with Crippen molar-refractivity contribution < 1.29 is 120 Å². The van der Waals surface area contributed by atoms with Crippen LogP contribution in [-0.4, -0.2) is 307 Å². The number of rotatable bonds is 52. The minimum Gasteiger partial charge on any atom is -0.508 e. The van der Waals surface area contributed by atoms with E-state index in [4.69, 9.17) is 16.2 Å². The second-order valence-corrected chi connectivity index (χ2v) is 34.3. The number of carbonyl (C=O) groups excluding carboxylic acids is 14. The van der Waals surface area contributed by atoms with Crippen LogP contribution in [0.4, 0.5) is 13.2 Å². The lowest BCUT2D eigenvalue weighted by Crippen LogP contribution is -2.61. The predicted octanol–water partition coefficient (Wildman–Crippen LogP) is 0.118. The zero-order valence-corrected chi connectivity index (χ0v) is 75.3. The summed E-state index contributed by atoms with van der Waals surface area (Å²) in [7, 11) is 3.87. The van der Waals surface area contributed by atoms with E-state index in [1.54, 1.807) is 105 Å². The Morgan fingerprint density at radius 1 is 0.609 bits per heavy atom. The number of likely N-dealkylation sites (N-methyl/N-ethyl adjacent to an activating group) is 3. The number of halogens is 3. The molecule has 42 heteroatoms. The van der Waals surface area contributed by atoms with Crippen LogP contribution in [0.5, 0.6) is 5.75 Å². The number of aromatic nitrogens is 1. The van der Waals surface area contributed by atoms with Crippen LogP contribution in [0, 0.1) is 23.4 Å². The number of phenols is 1. The largest absolute Gasteiger partial charge is 0.508 e. The summed E-state index contributed by atoms with van der Waals surface area (Å²) in [6.45, 7) is 2.75. The number of benzene rings is 5. The van der Waals surface area contributed by atoms with Gasteiger partial charge in [-0.1, -0.05) is 125 Å². The minimum atomic E-state index is -1.92. The van der Waals surface area contributed by atoms with Crippen LogP contribution < -0.4 is 54.0 Å². The standard InChI is InChI=1S/C91H117F3N16O22S/c1-7-8-24-71(90(130)109-31-17-25-70(109)84(124)99-57(46-112)40-77(117)118)106(4)89(129)74(38-53-20-13-10-14-21-53)108(6)87(127)68(36-55-33-62(92)79(94)63(93)34-55)101-76(116)49-133-48-58(47-132-50-97-44-75(95)115)100-81(121)65(30-32-111)102-82(122)66(35-54-26-28-59(113)29-27-54)103-83(123)67(39-56-43-98-64-23-16-15-22-61(56)64)104-86(126)73-41-60(114)45-110(73)88(128)69(42-78(119)120)105-85(125)72(37-52-18-11-9-12-19-52)107(5)91(131)80(96)51(2)3/h9-16,18-23,26-29,33-34,43,46,51,57-58,60,65-74,80,97-98,111,113-114H,7-8,17,24-25,30-32,35-42,44-45,47-50,96H2,1-6H3,(H2,95,115)(H,99,124)(H,100,121)(H,101,116)(H,102,122)(H,103,123)(H,104,126)(H,105,125)(H,117,118)(H,119,120)/t57-,58+,60+,65-,66-,67-,68-,69-,70+,71-,72-,73+,74-,80-/m0/s1. The number of aliphatic hydroxyl groups is 2. The molecule has 720 valence electrons. The zero-order chi connectivity index (χ0) is 97.4. The van der Waals surface area contributed by atoms with Crippen LogP contribution >= 0.6 is 11.8 Å². The fraction of sp³-hybridized carbons (Fsp3) is 0.473. The number of nitrogens with one attached hydrogen (secondary N) is 9. The Balaban J connectivity index is 1.04. The molecular formula is C91H117F3N16O22S. The molecule has 18 N–H and O–H groups in total. The number of aliphatic carboxylic acids is 2. The number of H-pyrrole nitrogens is 1. The van der Waals surface area contributed by atoms with Gasteiger partial charge in [0.15, 0.2) is 17.5 Å². The first-order valence-electron chi connectivity index (χ1n) is 43.5. The van der Waals surface area contributed by atoms with Gasteiger partial charge in [0, 0.05) is 102 Å². The van der Waals surface area contributed by atoms with Gasteiger partial charge in [0.05, 0.1) is 62.7 Å². The number of β-amino-alcohol motifs (C(OH)–C–C–N with tert-alkyl or cyclic N) is 1. The average molecular weight is 1880 g/mol. The molecule has 2 aliphatic heterocycles. The molecule has 0 spiro atoms. The smallest absolute Gasteiger partial charge is 0.305 e. The first-order chi connectivity index (χ1) is 63.3. The minimum absolute atomic E-state index is 0.0359. The number of thioether (sulfide) groups is 1. The number of phenolic OH excluding ortho intramolecular Hbond substituents is 1. The third-order valence-electron chi connectivity index (χ3n) is 22.9. The molecule has 2 fully saturated rings. The summed E-state index contributed by atoms with van der Waals surface area (Å²) < 4.78 is 50.6. The van der Waals surface area contributed by atoms with Gasteiger partial charge in [0.25, 0.3) is 0 Å². The van der Waals surface area contributed by atoms with Crippen molar-refractivity contribution in [1.29, 1.82) is 0 Å². The van der Waals surface area contributed by atoms with Crippen LogP contribution in [0.15, 0.2) is 128 Å². The van der Waals surface area contributed by atoms with Crippen molar-refractivity contribution in [3.8, 4) is 5.75 Å². The summed E-state index contributed by atoms with van der Waals surface area (Å²) in [6, 6.07) is 10.7. The first-order valence-corrected chi connectivity index (χ1v) is 44.6. The molecule has 13 amide bonds. The maximum Gasteiger partial charge on any atom is 0.305 e. The van der Waals surface area contributed by atoms with Gasteiger partial charge < -0.3 is 113 Å². The van der Waals surface area contributed by atoms with E-state index in [1.165, 1.54) is 50.3 Å². The van der Waals surface area contributed by atoms with E-state index < -0.39 is 255 Å². The highest BCUT2D eigenvalue weighted by molar-refractivity contribution is 8.00. The monoisotopic (exact) mass is 1870 g/mol. The molecule has 0 unspecified atom stereocenters. The van der Waals surface area contributed by atoms with E-state index in [1.807, 2.05) is 6.92 Å². The number of aliphatic hydroxyl groups excluding tert-OH is 2. The van der Waals surface area contributed by atoms with Crippen molar-refractivity contribution in [2.45, 2.75) is 195 Å². The van der Waals surface area contributed by atoms with Gasteiger partial charge in [0.2, 0.25) is 76.8 Å². The van der Waals surface area contributed by atoms with E-state index in [9.17, 15) is 82.7 Å². The molecule has 3 heterocycles. The number of hydrogen-bond acceptors (Lipinski definition) is 23. The zero-order valence-electron chi connectivity index (χ0n) is 74.5. The number of nitrogens with two attached hydrogens (primary N) is 2. The molecule has 0 bridgehead atoms. The predicted molar refractivity (Wildman–Crippen MR) is 478 cm³/mol. The molecule has 0 radical (unpaired) electrons. The van der Waals surface area contributed by atoms with Crippen molar-refractivity contribution in [3.63, 3.8) is 0 Å². The molecule has 133 heavy (non-hydrogen) atoms. The normalized spacial score (nSPS) is 16.7. The fourth-order valence-electron chi connectivity index (χ4n) is 15.6. The van der Waals surface area contributed by atoms with E-state index in [2.05, 4.69) is 47.5 Å². The summed E-state index contributed by atoms with van der Waals surface area (Å²) in [5.74, 6) is -21.5. The van der Waals surface area contributed by atoms with E-state index in [0.717, 1.165) is 31.4 Å². The number of fused-ring (bicyclic) bond motifs is 1. The second kappa shape index (κ2) is 51.2. The Kier molecular flexibility index (Phi) is 40.6. The SMILES string of the molecule is CCCC[C@@H](C(=O)N1CCC[C@@H]1C(=O)N[C@H](C=O)CC(=O)O)N(C)C(=O)[C@H](Cc1ccccc1)N(C)C(=O)[C@H](Cc1cc(F)c(F)c(F)c1)NC(=O)CSC[C@@H](COCNCC(N)=O)NC(=O)[C@H](CCO)NC(=O)[C@H](Cc1ccc(O)cc1)NC(=O)[C@H](Cc1c[nH]c2ccccc12)NC(=O)[C@H]1C[C@@H](O)CN1C(=O)[C@H](CC(=O)O)NC(=O)[C@H](Cc1ccccc1)N(C)C(=O)[C@@H](N)C(C)C. The Labute approximate surface area is 769 Å². The molecule has 0 saturated carbocycles. The number of hydrogen-bond donors (Lipinski definition) is 16. The molecule has 2 saturated heterocycles. The number of carbonyl (C=O) groups is 16. The lowest BCUT2D eigenvalue weighted by molar-refractivity contribution is -0.152. The summed E-state index contributed by atoms with van der Waals surface area (Å²) >= 11 is 0.810. The molecule has 14 atom stereocenters. The lowest BCUT2D eigenvalue weighted by atomic mass is 9.99. The average Bonchev–Trinajstić information content (AvgIpc) is 1.75. The van der Waals surface area contributed by atoms with Gasteiger partial charge in [-0.25, -0.2) is 13.2 Å². The number of primary amides is 1. The quantitative estimate of drug-likeness (QED) is 0.0104. The summed E-state index contributed by atoms with van der Waals surface area (Å²) in [5, 5.41) is 73.0. The molecule has 38 nitrogen and oxygen atoms in total. The molecule has 6 aromatic rings. The number of aromatic hydroxyl groups is 1. The van der Waals surface area contributed by atoms with Gasteiger partial charge in [0.1, 0.15) is 72.5 Å². The topological polar surface area (TPSA) is 564 Å². The Hall–Kier alpha value is -12.9. The molecule has 5 aromatic carbocycles. The van der Waals surface area contributed by atoms with Crippen molar-refractivity contribution in [1.82, 2.24) is 72.0 Å². The van der Waals surface area contributed by atoms with Gasteiger partial charge >= 0.3 is 11.9 Å². The highest BCUT2D eigenvalue weighted by Gasteiger charge is 2.47. The molecule has 8 rings (SSSR count). The lowest BCUT2D eigenvalue weighted by Gasteiger charge is -2.38. The number of para-hydroxylation sites is 1. The van der Waals surface area contributed by atoms with Crippen LogP contribution in [0.1, 0.15) is 106 Å². The summed E-state index contributed by atoms with van der Waals surface area (Å²) in [5.41, 5.74) is 13.7. The number of unbranched alkanes of at least 4 members (excludes halogenated alkanes) is 1. The first kappa shape index (κ1) is 105. The Morgan fingerprint density at radius 3 is 1.78 bits per heavy atom. The number of ether oxygens (including phenoxy) is 1.